The summed E-state index contributed by atoms with van der Waals surface area (Å²) in [6, 6.07) is 3.28. The highest BCUT2D eigenvalue weighted by atomic mass is 127. The Labute approximate surface area is 102 Å². The van der Waals surface area contributed by atoms with E-state index in [1.54, 1.807) is 12.1 Å². The minimum atomic E-state index is -0.113. The fourth-order valence-electron chi connectivity index (χ4n) is 1.24. The Hall–Kier alpha value is -0.910. The van der Waals surface area contributed by atoms with Crippen LogP contribution in [0.5, 0.6) is 5.75 Å². The van der Waals surface area contributed by atoms with Gasteiger partial charge < -0.3 is 4.74 Å². The monoisotopic (exact) mass is 318 g/mol. The van der Waals surface area contributed by atoms with Crippen LogP contribution in [0.15, 0.2) is 12.1 Å². The van der Waals surface area contributed by atoms with Crippen LogP contribution in [-0.2, 0) is 0 Å². The van der Waals surface area contributed by atoms with Gasteiger partial charge in [-0.2, -0.15) is 0 Å². The predicted octanol–water partition coefficient (Wildman–Crippen LogP) is 2.71. The molecular weight excluding hydrogens is 307 g/mol. The Bertz CT molecular complexity index is 399. The van der Waals surface area contributed by atoms with Gasteiger partial charge in [-0.1, -0.05) is 0 Å². The van der Waals surface area contributed by atoms with Crippen molar-refractivity contribution in [3.05, 3.63) is 26.8 Å². The molecule has 0 aliphatic rings. The van der Waals surface area contributed by atoms with Crippen molar-refractivity contribution in [2.45, 2.75) is 13.8 Å². The quantitative estimate of drug-likeness (QED) is 0.487. The van der Waals surface area contributed by atoms with Crippen LogP contribution in [0, 0.1) is 3.57 Å². The van der Waals surface area contributed by atoms with Crippen molar-refractivity contribution >= 4 is 34.7 Å². The molecule has 0 bridgehead atoms. The summed E-state index contributed by atoms with van der Waals surface area (Å²) in [4.78, 5) is 22.0. The van der Waals surface area contributed by atoms with Gasteiger partial charge in [0.15, 0.2) is 12.1 Å². The average Bonchev–Trinajstić information content (AvgIpc) is 2.20. The summed E-state index contributed by atoms with van der Waals surface area (Å²) in [5.74, 6) is 0.531. The molecule has 0 amide bonds. The highest BCUT2D eigenvalue weighted by Crippen LogP contribution is 2.25. The van der Waals surface area contributed by atoms with Crippen LogP contribution in [0.25, 0.3) is 0 Å². The first-order valence-electron chi connectivity index (χ1n) is 4.52. The largest absolute Gasteiger partial charge is 0.493 e. The molecule has 0 atom stereocenters. The van der Waals surface area contributed by atoms with Crippen LogP contribution in [0.3, 0.4) is 0 Å². The summed E-state index contributed by atoms with van der Waals surface area (Å²) in [5.41, 5.74) is 0.823. The summed E-state index contributed by atoms with van der Waals surface area (Å²) in [6.07, 6.45) is 0.676. The first kappa shape index (κ1) is 12.2. The number of aldehydes is 1. The molecule has 0 spiro atoms. The van der Waals surface area contributed by atoms with Gasteiger partial charge in [0.25, 0.3) is 0 Å². The maximum absolute atomic E-state index is 11.2. The van der Waals surface area contributed by atoms with Crippen molar-refractivity contribution in [1.29, 1.82) is 0 Å². The van der Waals surface area contributed by atoms with E-state index in [1.807, 2.05) is 6.92 Å². The van der Waals surface area contributed by atoms with Crippen molar-refractivity contribution < 1.29 is 14.3 Å². The second kappa shape index (κ2) is 5.25. The Balaban J connectivity index is 3.28. The van der Waals surface area contributed by atoms with Crippen LogP contribution < -0.4 is 4.74 Å². The summed E-state index contributed by atoms with van der Waals surface area (Å²) >= 11 is 2.08. The lowest BCUT2D eigenvalue weighted by Crippen LogP contribution is -2.02. The molecule has 4 heteroatoms. The van der Waals surface area contributed by atoms with Crippen LogP contribution in [0.2, 0.25) is 0 Å². The molecule has 1 aromatic rings. The second-order valence-corrected chi connectivity index (χ2v) is 4.14. The van der Waals surface area contributed by atoms with Gasteiger partial charge in [-0.3, -0.25) is 9.59 Å². The van der Waals surface area contributed by atoms with E-state index in [-0.39, 0.29) is 5.78 Å². The molecule has 0 saturated heterocycles. The third-order valence-corrected chi connectivity index (χ3v) is 2.75. The van der Waals surface area contributed by atoms with Gasteiger partial charge in [0, 0.05) is 11.1 Å². The van der Waals surface area contributed by atoms with E-state index >= 15 is 0 Å². The molecule has 3 nitrogen and oxygen atoms in total. The molecule has 0 radical (unpaired) electrons. The summed E-state index contributed by atoms with van der Waals surface area (Å²) in [5, 5.41) is 0. The molecule has 0 aromatic heterocycles. The second-order valence-electron chi connectivity index (χ2n) is 2.98. The number of Topliss-reactive ketones (excluding diaryl/α,β-unsaturated/α-hetero) is 1. The summed E-state index contributed by atoms with van der Waals surface area (Å²) in [6.45, 7) is 3.85. The molecule has 80 valence electrons. The zero-order valence-electron chi connectivity index (χ0n) is 8.54. The number of hydrogen-bond acceptors (Lipinski definition) is 3. The van der Waals surface area contributed by atoms with E-state index in [2.05, 4.69) is 22.6 Å². The molecule has 0 unspecified atom stereocenters. The number of carbonyl (C=O) groups is 2. The molecular formula is C11H11IO3. The van der Waals surface area contributed by atoms with Crippen molar-refractivity contribution in [3.63, 3.8) is 0 Å². The zero-order chi connectivity index (χ0) is 11.4. The maximum Gasteiger partial charge on any atom is 0.160 e. The molecule has 1 rings (SSSR count). The van der Waals surface area contributed by atoms with Crippen LogP contribution in [-0.4, -0.2) is 18.7 Å². The lowest BCUT2D eigenvalue weighted by Gasteiger charge is -2.08. The van der Waals surface area contributed by atoms with E-state index < -0.39 is 0 Å². The number of ketones is 1. The third-order valence-electron chi connectivity index (χ3n) is 1.91. The molecule has 15 heavy (non-hydrogen) atoms. The lowest BCUT2D eigenvalue weighted by molar-refractivity contribution is 0.100. The molecule has 0 heterocycles. The number of halogens is 1. The highest BCUT2D eigenvalue weighted by Gasteiger charge is 2.11. The molecule has 1 aromatic carbocycles. The van der Waals surface area contributed by atoms with E-state index in [1.165, 1.54) is 6.92 Å². The predicted molar refractivity (Wildman–Crippen MR) is 65.7 cm³/mol. The first-order chi connectivity index (χ1) is 7.10. The Kier molecular flexibility index (Phi) is 4.26. The SMILES string of the molecule is CCOc1cc(C=O)c(C(C)=O)cc1I. The first-order valence-corrected chi connectivity index (χ1v) is 5.60. The van der Waals surface area contributed by atoms with Crippen LogP contribution in [0.1, 0.15) is 34.6 Å². The minimum Gasteiger partial charge on any atom is -0.493 e. The normalized spacial score (nSPS) is 9.80. The van der Waals surface area contributed by atoms with Gasteiger partial charge in [-0.05, 0) is 48.6 Å². The zero-order valence-corrected chi connectivity index (χ0v) is 10.7. The van der Waals surface area contributed by atoms with Gasteiger partial charge in [0.1, 0.15) is 5.75 Å². The standard InChI is InChI=1S/C11H11IO3/c1-3-15-11-4-8(6-13)9(7(2)14)5-10(11)12/h4-6H,3H2,1-2H3. The van der Waals surface area contributed by atoms with Gasteiger partial charge in [0.2, 0.25) is 0 Å². The molecule has 0 N–H and O–H groups in total. The Morgan fingerprint density at radius 3 is 2.67 bits per heavy atom. The van der Waals surface area contributed by atoms with E-state index in [9.17, 15) is 9.59 Å². The Morgan fingerprint density at radius 1 is 1.53 bits per heavy atom. The molecule has 0 saturated carbocycles. The van der Waals surface area contributed by atoms with Gasteiger partial charge >= 0.3 is 0 Å². The number of benzene rings is 1. The van der Waals surface area contributed by atoms with Gasteiger partial charge in [0.05, 0.1) is 10.2 Å². The maximum atomic E-state index is 11.2. The fraction of sp³-hybridized carbons (Fsp3) is 0.273. The van der Waals surface area contributed by atoms with Crippen molar-refractivity contribution in [1.82, 2.24) is 0 Å². The topological polar surface area (TPSA) is 43.4 Å². The number of rotatable bonds is 4. The summed E-state index contributed by atoms with van der Waals surface area (Å²) in [7, 11) is 0. The van der Waals surface area contributed by atoms with E-state index in [4.69, 9.17) is 4.74 Å². The number of carbonyl (C=O) groups excluding carboxylic acids is 2. The number of hydrogen-bond donors (Lipinski definition) is 0. The van der Waals surface area contributed by atoms with Crippen molar-refractivity contribution in [3.8, 4) is 5.75 Å². The third kappa shape index (κ3) is 2.77. The molecule has 0 aliphatic carbocycles. The highest BCUT2D eigenvalue weighted by molar-refractivity contribution is 14.1. The fourth-order valence-corrected chi connectivity index (χ4v) is 1.86. The van der Waals surface area contributed by atoms with Crippen LogP contribution >= 0.6 is 22.6 Å². The lowest BCUT2D eigenvalue weighted by atomic mass is 10.1. The average molecular weight is 318 g/mol. The van der Waals surface area contributed by atoms with E-state index in [0.717, 1.165) is 3.57 Å². The molecule has 0 fully saturated rings. The van der Waals surface area contributed by atoms with Crippen molar-refractivity contribution in [2.75, 3.05) is 6.61 Å². The van der Waals surface area contributed by atoms with Gasteiger partial charge in [-0.25, -0.2) is 0 Å². The van der Waals surface area contributed by atoms with Gasteiger partial charge in [-0.15, -0.1) is 0 Å². The van der Waals surface area contributed by atoms with Crippen LogP contribution in [0.4, 0.5) is 0 Å². The minimum absolute atomic E-state index is 0.113. The Morgan fingerprint density at radius 2 is 2.20 bits per heavy atom. The van der Waals surface area contributed by atoms with Crippen molar-refractivity contribution in [2.24, 2.45) is 0 Å². The number of ether oxygens (including phenoxy) is 1. The molecule has 0 aliphatic heterocycles. The smallest absolute Gasteiger partial charge is 0.160 e. The summed E-state index contributed by atoms with van der Waals surface area (Å²) < 4.78 is 6.17. The van der Waals surface area contributed by atoms with E-state index in [0.29, 0.717) is 29.8 Å².